The Labute approximate surface area is 151 Å². The summed E-state index contributed by atoms with van der Waals surface area (Å²) in [5.74, 6) is -0.0745. The number of nitrogens with zero attached hydrogens (tertiary/aromatic N) is 1. The first-order valence-electron chi connectivity index (χ1n) is 8.64. The third-order valence-electron chi connectivity index (χ3n) is 5.24. The molecule has 1 saturated carbocycles. The van der Waals surface area contributed by atoms with Gasteiger partial charge in [-0.05, 0) is 42.0 Å². The van der Waals surface area contributed by atoms with E-state index in [2.05, 4.69) is 0 Å². The van der Waals surface area contributed by atoms with Gasteiger partial charge in [0.05, 0.1) is 5.02 Å². The van der Waals surface area contributed by atoms with E-state index in [1.165, 1.54) is 6.07 Å². The van der Waals surface area contributed by atoms with Crippen LogP contribution in [0.1, 0.15) is 24.3 Å². The molecule has 1 heterocycles. The third kappa shape index (κ3) is 3.05. The molecule has 2 fully saturated rings. The van der Waals surface area contributed by atoms with Crippen molar-refractivity contribution in [3.05, 3.63) is 58.9 Å². The minimum atomic E-state index is -0.339. The van der Waals surface area contributed by atoms with Crippen molar-refractivity contribution in [2.75, 3.05) is 13.1 Å². The predicted octanol–water partition coefficient (Wildman–Crippen LogP) is 3.81. The number of carbonyl (C=O) groups excluding carboxylic acids is 1. The maximum Gasteiger partial charge on any atom is 0.226 e. The van der Waals surface area contributed by atoms with E-state index in [1.807, 2.05) is 29.2 Å². The number of nitrogens with two attached hydrogens (primary N) is 1. The Bertz CT molecular complexity index is 805. The van der Waals surface area contributed by atoms with Gasteiger partial charge in [-0.25, -0.2) is 4.39 Å². The van der Waals surface area contributed by atoms with E-state index < -0.39 is 0 Å². The van der Waals surface area contributed by atoms with Crippen molar-refractivity contribution < 1.29 is 9.18 Å². The van der Waals surface area contributed by atoms with Gasteiger partial charge in [0.2, 0.25) is 5.91 Å². The summed E-state index contributed by atoms with van der Waals surface area (Å²) in [5.41, 5.74) is 8.11. The van der Waals surface area contributed by atoms with Crippen LogP contribution in [0.5, 0.6) is 0 Å². The number of hydrogen-bond donors (Lipinski definition) is 1. The zero-order valence-electron chi connectivity index (χ0n) is 13.8. The summed E-state index contributed by atoms with van der Waals surface area (Å²) in [7, 11) is 0. The SMILES string of the molecule is NC1CCN(C(=O)C2CC2c2ccccc2-c2c(F)cccc2Cl)C1. The average molecular weight is 359 g/mol. The molecule has 2 aromatic rings. The number of likely N-dealkylation sites (tertiary alicyclic amines) is 1. The molecule has 4 rings (SSSR count). The third-order valence-corrected chi connectivity index (χ3v) is 5.55. The van der Waals surface area contributed by atoms with Crippen LogP contribution in [-0.2, 0) is 4.79 Å². The van der Waals surface area contributed by atoms with Crippen molar-refractivity contribution in [2.24, 2.45) is 11.7 Å². The van der Waals surface area contributed by atoms with Crippen LogP contribution < -0.4 is 5.73 Å². The van der Waals surface area contributed by atoms with Crippen molar-refractivity contribution >= 4 is 17.5 Å². The molecule has 2 aromatic carbocycles. The van der Waals surface area contributed by atoms with Crippen molar-refractivity contribution in [1.82, 2.24) is 4.90 Å². The van der Waals surface area contributed by atoms with Gasteiger partial charge in [-0.1, -0.05) is 41.9 Å². The van der Waals surface area contributed by atoms with Gasteiger partial charge in [0.15, 0.2) is 0 Å². The first-order chi connectivity index (χ1) is 12.1. The van der Waals surface area contributed by atoms with Crippen LogP contribution in [0.3, 0.4) is 0 Å². The number of benzene rings is 2. The lowest BCUT2D eigenvalue weighted by atomic mass is 9.95. The summed E-state index contributed by atoms with van der Waals surface area (Å²) in [4.78, 5) is 14.6. The maximum absolute atomic E-state index is 14.4. The summed E-state index contributed by atoms with van der Waals surface area (Å²) >= 11 is 6.25. The molecule has 3 nitrogen and oxygen atoms in total. The van der Waals surface area contributed by atoms with Crippen LogP contribution in [0, 0.1) is 11.7 Å². The number of halogens is 2. The monoisotopic (exact) mass is 358 g/mol. The number of rotatable bonds is 3. The Hall–Kier alpha value is -1.91. The van der Waals surface area contributed by atoms with Gasteiger partial charge in [0.25, 0.3) is 0 Å². The molecule has 0 aromatic heterocycles. The summed E-state index contributed by atoms with van der Waals surface area (Å²) < 4.78 is 14.4. The van der Waals surface area contributed by atoms with E-state index in [0.717, 1.165) is 30.5 Å². The predicted molar refractivity (Wildman–Crippen MR) is 96.9 cm³/mol. The quantitative estimate of drug-likeness (QED) is 0.906. The second-order valence-corrected chi connectivity index (χ2v) is 7.37. The molecule has 25 heavy (non-hydrogen) atoms. The first-order valence-corrected chi connectivity index (χ1v) is 9.01. The molecular weight excluding hydrogens is 339 g/mol. The molecule has 0 spiro atoms. The smallest absolute Gasteiger partial charge is 0.226 e. The molecule has 5 heteroatoms. The minimum Gasteiger partial charge on any atom is -0.341 e. The molecule has 3 unspecified atom stereocenters. The van der Waals surface area contributed by atoms with Gasteiger partial charge in [-0.2, -0.15) is 0 Å². The highest BCUT2D eigenvalue weighted by Gasteiger charge is 2.47. The van der Waals surface area contributed by atoms with Crippen molar-refractivity contribution in [1.29, 1.82) is 0 Å². The fraction of sp³-hybridized carbons (Fsp3) is 0.350. The summed E-state index contributed by atoms with van der Waals surface area (Å²) in [6.07, 6.45) is 1.66. The molecular formula is C20H20ClFN2O. The molecule has 1 saturated heterocycles. The molecule has 2 N–H and O–H groups in total. The standard InChI is InChI=1S/C20H20ClFN2O/c21-17-6-3-7-18(22)19(17)14-5-2-1-4-13(14)15-10-16(15)20(25)24-9-8-12(23)11-24/h1-7,12,15-16H,8-11,23H2. The molecule has 3 atom stereocenters. The Morgan fingerprint density at radius 3 is 2.72 bits per heavy atom. The average Bonchev–Trinajstić information content (AvgIpc) is 3.28. The molecule has 1 amide bonds. The Balaban J connectivity index is 1.62. The molecule has 0 radical (unpaired) electrons. The van der Waals surface area contributed by atoms with Crippen LogP contribution in [0.15, 0.2) is 42.5 Å². The summed E-state index contributed by atoms with van der Waals surface area (Å²) in [6, 6.07) is 12.5. The highest BCUT2D eigenvalue weighted by molar-refractivity contribution is 6.33. The van der Waals surface area contributed by atoms with Crippen molar-refractivity contribution in [3.63, 3.8) is 0 Å². The van der Waals surface area contributed by atoms with Gasteiger partial charge in [-0.3, -0.25) is 4.79 Å². The Morgan fingerprint density at radius 1 is 1.20 bits per heavy atom. The second kappa shape index (κ2) is 6.43. The maximum atomic E-state index is 14.4. The molecule has 1 aliphatic carbocycles. The van der Waals surface area contributed by atoms with E-state index >= 15 is 0 Å². The first kappa shape index (κ1) is 16.6. The van der Waals surface area contributed by atoms with Crippen LogP contribution >= 0.6 is 11.6 Å². The van der Waals surface area contributed by atoms with Gasteiger partial charge in [0, 0.05) is 30.6 Å². The minimum absolute atomic E-state index is 0.0306. The van der Waals surface area contributed by atoms with E-state index in [9.17, 15) is 9.18 Å². The summed E-state index contributed by atoms with van der Waals surface area (Å²) in [6.45, 7) is 1.38. The number of hydrogen-bond acceptors (Lipinski definition) is 2. The van der Waals surface area contributed by atoms with Gasteiger partial charge < -0.3 is 10.6 Å². The van der Waals surface area contributed by atoms with Gasteiger partial charge >= 0.3 is 0 Å². The normalized spacial score (nSPS) is 25.2. The Kier molecular flexibility index (Phi) is 4.26. The zero-order chi connectivity index (χ0) is 17.6. The number of carbonyl (C=O) groups is 1. The van der Waals surface area contributed by atoms with Gasteiger partial charge in [-0.15, -0.1) is 0 Å². The fourth-order valence-electron chi connectivity index (χ4n) is 3.84. The van der Waals surface area contributed by atoms with E-state index in [4.69, 9.17) is 17.3 Å². The fourth-order valence-corrected chi connectivity index (χ4v) is 4.10. The van der Waals surface area contributed by atoms with Crippen LogP contribution in [0.2, 0.25) is 5.02 Å². The topological polar surface area (TPSA) is 46.3 Å². The number of amides is 1. The van der Waals surface area contributed by atoms with Crippen LogP contribution in [-0.4, -0.2) is 29.9 Å². The molecule has 130 valence electrons. The zero-order valence-corrected chi connectivity index (χ0v) is 14.5. The molecule has 1 aliphatic heterocycles. The highest BCUT2D eigenvalue weighted by atomic mass is 35.5. The van der Waals surface area contributed by atoms with Crippen molar-refractivity contribution in [3.8, 4) is 11.1 Å². The second-order valence-electron chi connectivity index (χ2n) is 6.97. The van der Waals surface area contributed by atoms with E-state index in [-0.39, 0.29) is 29.6 Å². The van der Waals surface area contributed by atoms with Gasteiger partial charge in [0.1, 0.15) is 5.82 Å². The van der Waals surface area contributed by atoms with E-state index in [1.54, 1.807) is 12.1 Å². The largest absolute Gasteiger partial charge is 0.341 e. The molecule has 0 bridgehead atoms. The highest BCUT2D eigenvalue weighted by Crippen LogP contribution is 2.52. The van der Waals surface area contributed by atoms with Crippen LogP contribution in [0.4, 0.5) is 4.39 Å². The summed E-state index contributed by atoms with van der Waals surface area (Å²) in [5, 5.41) is 0.390. The van der Waals surface area contributed by atoms with E-state index in [0.29, 0.717) is 17.1 Å². The lowest BCUT2D eigenvalue weighted by molar-refractivity contribution is -0.131. The van der Waals surface area contributed by atoms with Crippen molar-refractivity contribution in [2.45, 2.75) is 24.8 Å². The Morgan fingerprint density at radius 2 is 2.00 bits per heavy atom. The lowest BCUT2D eigenvalue weighted by Gasteiger charge is -2.16. The van der Waals surface area contributed by atoms with Crippen LogP contribution in [0.25, 0.3) is 11.1 Å². The molecule has 2 aliphatic rings. The lowest BCUT2D eigenvalue weighted by Crippen LogP contribution is -2.33.